The van der Waals surface area contributed by atoms with Crippen LogP contribution in [0, 0.1) is 0 Å². The predicted molar refractivity (Wildman–Crippen MR) is 51.8 cm³/mol. The molecule has 14 heavy (non-hydrogen) atoms. The van der Waals surface area contributed by atoms with E-state index in [1.165, 1.54) is 0 Å². The van der Waals surface area contributed by atoms with Gasteiger partial charge in [0.2, 0.25) is 5.91 Å². The lowest BCUT2D eigenvalue weighted by atomic mass is 10.2. The van der Waals surface area contributed by atoms with E-state index in [2.05, 4.69) is 5.32 Å². The van der Waals surface area contributed by atoms with Gasteiger partial charge in [0.1, 0.15) is 6.10 Å². The van der Waals surface area contributed by atoms with E-state index in [0.717, 1.165) is 6.54 Å². The average Bonchev–Trinajstić information content (AvgIpc) is 2.06. The number of rotatable bonds is 7. The number of hydrogen-bond donors (Lipinski definition) is 2. The summed E-state index contributed by atoms with van der Waals surface area (Å²) in [4.78, 5) is 10.9. The van der Waals surface area contributed by atoms with Crippen LogP contribution >= 0.6 is 0 Å². The van der Waals surface area contributed by atoms with Crippen LogP contribution in [-0.4, -0.2) is 44.4 Å². The summed E-state index contributed by atoms with van der Waals surface area (Å²) in [6.07, 6.45) is 0.838. The molecule has 1 aliphatic heterocycles. The van der Waals surface area contributed by atoms with Crippen molar-refractivity contribution >= 4 is 5.91 Å². The van der Waals surface area contributed by atoms with Crippen LogP contribution in [0.4, 0.5) is 0 Å². The lowest BCUT2D eigenvalue weighted by Gasteiger charge is -2.26. The van der Waals surface area contributed by atoms with Crippen molar-refractivity contribution in [2.24, 2.45) is 5.73 Å². The first-order chi connectivity index (χ1) is 6.74. The van der Waals surface area contributed by atoms with Crippen LogP contribution < -0.4 is 11.1 Å². The molecular weight excluding hydrogens is 184 g/mol. The van der Waals surface area contributed by atoms with Gasteiger partial charge in [-0.25, -0.2) is 0 Å². The zero-order valence-electron chi connectivity index (χ0n) is 8.49. The Morgan fingerprint density at radius 3 is 2.86 bits per heavy atom. The number of likely N-dealkylation sites (N-methyl/N-ethyl adjacent to an activating group) is 1. The Bertz CT molecular complexity index is 183. The molecule has 1 fully saturated rings. The van der Waals surface area contributed by atoms with Crippen molar-refractivity contribution in [2.45, 2.75) is 25.5 Å². The van der Waals surface area contributed by atoms with Crippen LogP contribution in [0.25, 0.3) is 0 Å². The molecule has 82 valence electrons. The largest absolute Gasteiger partial charge is 0.376 e. The summed E-state index contributed by atoms with van der Waals surface area (Å²) in [5, 5.41) is 3.01. The van der Waals surface area contributed by atoms with Crippen molar-refractivity contribution in [1.29, 1.82) is 0 Å². The number of ether oxygens (including phenoxy) is 2. The van der Waals surface area contributed by atoms with E-state index in [1.54, 1.807) is 0 Å². The molecule has 1 amide bonds. The molecule has 0 spiro atoms. The fourth-order valence-electron chi connectivity index (χ4n) is 1.25. The normalized spacial score (nSPS) is 18.9. The highest BCUT2D eigenvalue weighted by Gasteiger charge is 2.20. The first-order valence-corrected chi connectivity index (χ1v) is 4.96. The smallest absolute Gasteiger partial charge is 0.234 e. The first-order valence-electron chi connectivity index (χ1n) is 4.96. The predicted octanol–water partition coefficient (Wildman–Crippen LogP) is -0.745. The van der Waals surface area contributed by atoms with Crippen LogP contribution in [0.3, 0.4) is 0 Å². The van der Waals surface area contributed by atoms with E-state index in [9.17, 15) is 4.79 Å². The number of hydrogen-bond acceptors (Lipinski definition) is 4. The molecule has 5 heteroatoms. The summed E-state index contributed by atoms with van der Waals surface area (Å²) >= 11 is 0. The highest BCUT2D eigenvalue weighted by molar-refractivity contribution is 5.79. The first kappa shape index (κ1) is 11.4. The van der Waals surface area contributed by atoms with Crippen molar-refractivity contribution in [2.75, 3.05) is 26.4 Å². The fraction of sp³-hybridized carbons (Fsp3) is 0.889. The molecule has 5 nitrogen and oxygen atoms in total. The Morgan fingerprint density at radius 2 is 2.43 bits per heavy atom. The highest BCUT2D eigenvalue weighted by Crippen LogP contribution is 2.06. The number of nitrogens with two attached hydrogens (primary N) is 1. The van der Waals surface area contributed by atoms with Gasteiger partial charge in [-0.15, -0.1) is 0 Å². The third-order valence-electron chi connectivity index (χ3n) is 2.16. The molecular formula is C9H18N2O3. The van der Waals surface area contributed by atoms with Gasteiger partial charge in [-0.3, -0.25) is 4.79 Å². The number of primary amides is 1. The number of carbonyl (C=O) groups excluding carboxylic acids is 1. The Kier molecular flexibility index (Phi) is 4.86. The van der Waals surface area contributed by atoms with Crippen molar-refractivity contribution in [1.82, 2.24) is 5.32 Å². The zero-order chi connectivity index (χ0) is 10.4. The van der Waals surface area contributed by atoms with Crippen LogP contribution in [0.15, 0.2) is 0 Å². The van der Waals surface area contributed by atoms with E-state index in [0.29, 0.717) is 26.2 Å². The second kappa shape index (κ2) is 5.95. The van der Waals surface area contributed by atoms with Gasteiger partial charge in [-0.2, -0.15) is 0 Å². The SMILES string of the molecule is CCNC(CCOC1COC1)C(N)=O. The third-order valence-corrected chi connectivity index (χ3v) is 2.16. The van der Waals surface area contributed by atoms with E-state index in [-0.39, 0.29) is 18.1 Å². The van der Waals surface area contributed by atoms with Gasteiger partial charge in [-0.1, -0.05) is 6.92 Å². The monoisotopic (exact) mass is 202 g/mol. The van der Waals surface area contributed by atoms with Crippen LogP contribution in [0.1, 0.15) is 13.3 Å². The Morgan fingerprint density at radius 1 is 1.71 bits per heavy atom. The zero-order valence-corrected chi connectivity index (χ0v) is 8.49. The molecule has 1 saturated heterocycles. The Labute approximate surface area is 83.9 Å². The molecule has 0 saturated carbocycles. The van der Waals surface area contributed by atoms with Crippen molar-refractivity contribution < 1.29 is 14.3 Å². The van der Waals surface area contributed by atoms with Crippen molar-refractivity contribution in [3.8, 4) is 0 Å². The molecule has 1 atom stereocenters. The maximum Gasteiger partial charge on any atom is 0.234 e. The van der Waals surface area contributed by atoms with Gasteiger partial charge in [-0.05, 0) is 13.0 Å². The highest BCUT2D eigenvalue weighted by atomic mass is 16.6. The quantitative estimate of drug-likeness (QED) is 0.570. The second-order valence-corrected chi connectivity index (χ2v) is 3.33. The Balaban J connectivity index is 2.08. The van der Waals surface area contributed by atoms with Crippen molar-refractivity contribution in [3.05, 3.63) is 0 Å². The summed E-state index contributed by atoms with van der Waals surface area (Å²) in [6.45, 7) is 4.57. The third kappa shape index (κ3) is 3.61. The average molecular weight is 202 g/mol. The van der Waals surface area contributed by atoms with Gasteiger partial charge < -0.3 is 20.5 Å². The minimum atomic E-state index is -0.319. The van der Waals surface area contributed by atoms with Crippen LogP contribution in [0.2, 0.25) is 0 Å². The molecule has 0 radical (unpaired) electrons. The van der Waals surface area contributed by atoms with Crippen LogP contribution in [-0.2, 0) is 14.3 Å². The topological polar surface area (TPSA) is 73.6 Å². The van der Waals surface area contributed by atoms with Crippen LogP contribution in [0.5, 0.6) is 0 Å². The minimum absolute atomic E-state index is 0.213. The van der Waals surface area contributed by atoms with E-state index < -0.39 is 0 Å². The molecule has 0 bridgehead atoms. The Hall–Kier alpha value is -0.650. The van der Waals surface area contributed by atoms with Gasteiger partial charge in [0.05, 0.1) is 19.3 Å². The minimum Gasteiger partial charge on any atom is -0.376 e. The maximum absolute atomic E-state index is 10.9. The summed E-state index contributed by atoms with van der Waals surface area (Å²) < 4.78 is 10.4. The molecule has 1 aliphatic rings. The van der Waals surface area contributed by atoms with E-state index >= 15 is 0 Å². The summed E-state index contributed by atoms with van der Waals surface area (Å²) in [5.41, 5.74) is 5.20. The molecule has 3 N–H and O–H groups in total. The standard InChI is InChI=1S/C9H18N2O3/c1-2-11-8(9(10)12)3-4-14-7-5-13-6-7/h7-8,11H,2-6H2,1H3,(H2,10,12). The van der Waals surface area contributed by atoms with Crippen molar-refractivity contribution in [3.63, 3.8) is 0 Å². The molecule has 1 unspecified atom stereocenters. The molecule has 0 aromatic carbocycles. The van der Waals surface area contributed by atoms with Gasteiger partial charge in [0, 0.05) is 6.61 Å². The van der Waals surface area contributed by atoms with Gasteiger partial charge >= 0.3 is 0 Å². The van der Waals surface area contributed by atoms with Gasteiger partial charge in [0.25, 0.3) is 0 Å². The summed E-state index contributed by atoms with van der Waals surface area (Å²) in [5.74, 6) is -0.319. The molecule has 0 aromatic heterocycles. The van der Waals surface area contributed by atoms with E-state index in [1.807, 2.05) is 6.92 Å². The lowest BCUT2D eigenvalue weighted by Crippen LogP contribution is -2.43. The summed E-state index contributed by atoms with van der Waals surface area (Å²) in [6, 6.07) is -0.277. The number of carbonyl (C=O) groups is 1. The molecule has 1 heterocycles. The fourth-order valence-corrected chi connectivity index (χ4v) is 1.25. The molecule has 0 aromatic rings. The maximum atomic E-state index is 10.9. The van der Waals surface area contributed by atoms with Gasteiger partial charge in [0.15, 0.2) is 0 Å². The second-order valence-electron chi connectivity index (χ2n) is 3.33. The number of nitrogens with one attached hydrogen (secondary N) is 1. The number of amides is 1. The lowest BCUT2D eigenvalue weighted by molar-refractivity contribution is -0.133. The molecule has 0 aliphatic carbocycles. The van der Waals surface area contributed by atoms with E-state index in [4.69, 9.17) is 15.2 Å². The summed E-state index contributed by atoms with van der Waals surface area (Å²) in [7, 11) is 0. The molecule has 1 rings (SSSR count).